The summed E-state index contributed by atoms with van der Waals surface area (Å²) in [5, 5.41) is 12.6. The van der Waals surface area contributed by atoms with Crippen LogP contribution < -0.4 is 15.8 Å². The molecule has 0 saturated heterocycles. The van der Waals surface area contributed by atoms with Crippen LogP contribution in [0.4, 0.5) is 5.69 Å². The van der Waals surface area contributed by atoms with Gasteiger partial charge in [0.05, 0.1) is 13.7 Å². The largest absolute Gasteiger partial charge is 0.497 e. The Morgan fingerprint density at radius 1 is 1.39 bits per heavy atom. The van der Waals surface area contributed by atoms with Crippen LogP contribution in [0.1, 0.15) is 32.3 Å². The highest BCUT2D eigenvalue weighted by molar-refractivity contribution is 6.17. The molecule has 0 saturated carbocycles. The molecule has 8 nitrogen and oxygen atoms in total. The van der Waals surface area contributed by atoms with Crippen LogP contribution in [-0.4, -0.2) is 25.6 Å². The second kappa shape index (κ2) is 7.27. The van der Waals surface area contributed by atoms with Crippen molar-refractivity contribution < 1.29 is 23.8 Å². The summed E-state index contributed by atoms with van der Waals surface area (Å²) < 4.78 is 16.1. The number of carbonyl (C=O) groups is 2. The minimum Gasteiger partial charge on any atom is -0.497 e. The molecule has 0 fully saturated rings. The number of ether oxygens (including phenoxy) is 3. The van der Waals surface area contributed by atoms with E-state index in [2.05, 4.69) is 5.32 Å². The summed E-state index contributed by atoms with van der Waals surface area (Å²) in [6.45, 7) is 3.66. The van der Waals surface area contributed by atoms with Crippen LogP contribution in [0.15, 0.2) is 41.0 Å². The Bertz CT molecular complexity index is 957. The van der Waals surface area contributed by atoms with Crippen LogP contribution >= 0.6 is 0 Å². The number of hydrogen-bond acceptors (Lipinski definition) is 7. The van der Waals surface area contributed by atoms with Gasteiger partial charge in [0.2, 0.25) is 11.8 Å². The molecule has 0 radical (unpaired) electrons. The number of nitrogens with zero attached hydrogens (tertiary/aromatic N) is 1. The van der Waals surface area contributed by atoms with Crippen LogP contribution in [0, 0.1) is 11.3 Å². The molecule has 2 heterocycles. The fourth-order valence-electron chi connectivity index (χ4n) is 3.67. The Morgan fingerprint density at radius 3 is 2.75 bits per heavy atom. The molecule has 2 aliphatic heterocycles. The highest BCUT2D eigenvalue weighted by Gasteiger charge is 2.60. The average molecular weight is 383 g/mol. The maximum absolute atomic E-state index is 13.3. The first kappa shape index (κ1) is 19.3. The molecule has 1 aromatic rings. The minimum absolute atomic E-state index is 0.0218. The third-order valence-electron chi connectivity index (χ3n) is 4.80. The van der Waals surface area contributed by atoms with Gasteiger partial charge < -0.3 is 25.3 Å². The molecule has 1 aromatic carbocycles. The Balaban J connectivity index is 2.42. The third kappa shape index (κ3) is 2.59. The SMILES string of the molecule is CCCC1=C(C(=O)OCC)C2(C(=O)Nc3ccc(OC)cc32)C(C#N)=C(N)O1. The number of amides is 1. The molecule has 1 spiro atoms. The quantitative estimate of drug-likeness (QED) is 0.747. The van der Waals surface area contributed by atoms with E-state index in [-0.39, 0.29) is 29.4 Å². The second-order valence-electron chi connectivity index (χ2n) is 6.34. The Morgan fingerprint density at radius 2 is 2.14 bits per heavy atom. The molecule has 0 bridgehead atoms. The van der Waals surface area contributed by atoms with Crippen molar-refractivity contribution in [2.24, 2.45) is 5.73 Å². The summed E-state index contributed by atoms with van der Waals surface area (Å²) >= 11 is 0. The standard InChI is InChI=1S/C20H21N3O5/c1-4-6-15-16(18(24)27-5-2)20(13(10-21)17(22)28-15)12-9-11(26-3)7-8-14(12)23-19(20)25/h7-9H,4-6,22H2,1-3H3,(H,23,25). The Labute approximate surface area is 162 Å². The molecule has 8 heteroatoms. The molecule has 3 N–H and O–H groups in total. The Kier molecular flexibility index (Phi) is 5.01. The van der Waals surface area contributed by atoms with Gasteiger partial charge in [0.15, 0.2) is 5.41 Å². The van der Waals surface area contributed by atoms with Crippen molar-refractivity contribution in [3.8, 4) is 11.8 Å². The molecule has 1 atom stereocenters. The van der Waals surface area contributed by atoms with E-state index in [0.717, 1.165) is 0 Å². The summed E-state index contributed by atoms with van der Waals surface area (Å²) in [5.74, 6) is -0.794. The predicted molar refractivity (Wildman–Crippen MR) is 99.8 cm³/mol. The molecule has 28 heavy (non-hydrogen) atoms. The fourth-order valence-corrected chi connectivity index (χ4v) is 3.67. The van der Waals surface area contributed by atoms with Crippen molar-refractivity contribution in [2.45, 2.75) is 32.1 Å². The number of hydrogen-bond donors (Lipinski definition) is 2. The van der Waals surface area contributed by atoms with Crippen molar-refractivity contribution in [3.05, 3.63) is 46.6 Å². The molecule has 1 unspecified atom stereocenters. The molecular formula is C20H21N3O5. The summed E-state index contributed by atoms with van der Waals surface area (Å²) in [4.78, 5) is 26.3. The summed E-state index contributed by atoms with van der Waals surface area (Å²) in [7, 11) is 1.49. The summed E-state index contributed by atoms with van der Waals surface area (Å²) in [6, 6.07) is 6.92. The van der Waals surface area contributed by atoms with Crippen LogP contribution in [0.25, 0.3) is 0 Å². The molecule has 2 aliphatic rings. The number of carbonyl (C=O) groups excluding carboxylic acids is 2. The minimum atomic E-state index is -1.75. The first-order valence-electron chi connectivity index (χ1n) is 8.94. The van der Waals surface area contributed by atoms with E-state index in [9.17, 15) is 14.9 Å². The summed E-state index contributed by atoms with van der Waals surface area (Å²) in [6.07, 6.45) is 0.984. The van der Waals surface area contributed by atoms with Crippen LogP contribution in [0.5, 0.6) is 5.75 Å². The number of nitrogens with one attached hydrogen (secondary N) is 1. The molecule has 1 amide bonds. The van der Waals surface area contributed by atoms with E-state index in [1.165, 1.54) is 7.11 Å². The number of anilines is 1. The normalized spacial score (nSPS) is 20.4. The van der Waals surface area contributed by atoms with Crippen molar-refractivity contribution in [3.63, 3.8) is 0 Å². The Hall–Kier alpha value is -3.47. The topological polar surface area (TPSA) is 124 Å². The lowest BCUT2D eigenvalue weighted by atomic mass is 9.68. The number of nitriles is 1. The van der Waals surface area contributed by atoms with E-state index < -0.39 is 17.3 Å². The monoisotopic (exact) mass is 383 g/mol. The van der Waals surface area contributed by atoms with Crippen molar-refractivity contribution >= 4 is 17.6 Å². The summed E-state index contributed by atoms with van der Waals surface area (Å²) in [5.41, 5.74) is 4.96. The van der Waals surface area contributed by atoms with E-state index >= 15 is 0 Å². The smallest absolute Gasteiger partial charge is 0.339 e. The second-order valence-corrected chi connectivity index (χ2v) is 6.34. The number of fused-ring (bicyclic) bond motifs is 2. The van der Waals surface area contributed by atoms with Gasteiger partial charge in [-0.3, -0.25) is 4.79 Å². The van der Waals surface area contributed by atoms with Gasteiger partial charge in [0.25, 0.3) is 0 Å². The van der Waals surface area contributed by atoms with Gasteiger partial charge in [-0.25, -0.2) is 4.79 Å². The van der Waals surface area contributed by atoms with Crippen molar-refractivity contribution in [1.82, 2.24) is 0 Å². The van der Waals surface area contributed by atoms with Gasteiger partial charge in [0, 0.05) is 17.7 Å². The number of allylic oxidation sites excluding steroid dienone is 1. The highest BCUT2D eigenvalue weighted by atomic mass is 16.5. The van der Waals surface area contributed by atoms with Gasteiger partial charge in [-0.05, 0) is 31.5 Å². The molecule has 146 valence electrons. The number of nitrogens with two attached hydrogens (primary N) is 1. The van der Waals surface area contributed by atoms with Gasteiger partial charge in [-0.15, -0.1) is 0 Å². The lowest BCUT2D eigenvalue weighted by Crippen LogP contribution is -2.46. The highest BCUT2D eigenvalue weighted by Crippen LogP contribution is 2.53. The number of rotatable bonds is 5. The number of benzene rings is 1. The molecule has 0 aromatic heterocycles. The van der Waals surface area contributed by atoms with Gasteiger partial charge in [-0.1, -0.05) is 6.92 Å². The van der Waals surface area contributed by atoms with Gasteiger partial charge in [-0.2, -0.15) is 5.26 Å². The molecule has 0 aliphatic carbocycles. The van der Waals surface area contributed by atoms with Crippen molar-refractivity contribution in [1.29, 1.82) is 5.26 Å². The maximum Gasteiger partial charge on any atom is 0.339 e. The first-order valence-corrected chi connectivity index (χ1v) is 8.94. The molecule has 3 rings (SSSR count). The zero-order valence-corrected chi connectivity index (χ0v) is 15.9. The third-order valence-corrected chi connectivity index (χ3v) is 4.80. The van der Waals surface area contributed by atoms with Gasteiger partial charge >= 0.3 is 5.97 Å². The van der Waals surface area contributed by atoms with E-state index in [0.29, 0.717) is 29.8 Å². The zero-order valence-electron chi connectivity index (χ0n) is 15.9. The number of esters is 1. The fraction of sp³-hybridized carbons (Fsp3) is 0.350. The van der Waals surface area contributed by atoms with E-state index in [4.69, 9.17) is 19.9 Å². The lowest BCUT2D eigenvalue weighted by Gasteiger charge is -2.34. The maximum atomic E-state index is 13.3. The lowest BCUT2D eigenvalue weighted by molar-refractivity contribution is -0.140. The van der Waals surface area contributed by atoms with Crippen LogP contribution in [0.2, 0.25) is 0 Å². The number of methoxy groups -OCH3 is 1. The average Bonchev–Trinajstić information content (AvgIpc) is 2.94. The first-order chi connectivity index (χ1) is 13.4. The van der Waals surface area contributed by atoms with E-state index in [1.54, 1.807) is 25.1 Å². The van der Waals surface area contributed by atoms with Crippen LogP contribution in [0.3, 0.4) is 0 Å². The predicted octanol–water partition coefficient (Wildman–Crippen LogP) is 2.23. The van der Waals surface area contributed by atoms with Crippen molar-refractivity contribution in [2.75, 3.05) is 19.0 Å². The van der Waals surface area contributed by atoms with E-state index in [1.807, 2.05) is 13.0 Å². The molecular weight excluding hydrogens is 362 g/mol. The van der Waals surface area contributed by atoms with Crippen LogP contribution in [-0.2, 0) is 24.5 Å². The van der Waals surface area contributed by atoms with Gasteiger partial charge in [0.1, 0.15) is 28.7 Å². The zero-order chi connectivity index (χ0) is 20.5.